The first-order chi connectivity index (χ1) is 10.0. The third-order valence-electron chi connectivity index (χ3n) is 2.80. The van der Waals surface area contributed by atoms with Gasteiger partial charge in [-0.25, -0.2) is 4.39 Å². The highest BCUT2D eigenvalue weighted by Crippen LogP contribution is 2.26. The molecule has 0 fully saturated rings. The van der Waals surface area contributed by atoms with E-state index in [9.17, 15) is 4.39 Å². The highest BCUT2D eigenvalue weighted by Gasteiger charge is 2.13. The van der Waals surface area contributed by atoms with Crippen LogP contribution in [-0.2, 0) is 0 Å². The van der Waals surface area contributed by atoms with Gasteiger partial charge in [0.1, 0.15) is 5.82 Å². The number of hydrogen-bond acceptors (Lipinski definition) is 4. The maximum absolute atomic E-state index is 13.6. The summed E-state index contributed by atoms with van der Waals surface area (Å²) in [5, 5.41) is 11.9. The number of rotatable bonds is 2. The number of tetrazole rings is 1. The predicted octanol–water partition coefficient (Wildman–Crippen LogP) is 3.36. The van der Waals surface area contributed by atoms with Crippen molar-refractivity contribution in [1.29, 1.82) is 0 Å². The van der Waals surface area contributed by atoms with Gasteiger partial charge in [0.2, 0.25) is 0 Å². The van der Waals surface area contributed by atoms with E-state index in [1.54, 1.807) is 24.3 Å². The molecule has 2 aromatic carbocycles. The largest absolute Gasteiger partial charge is 0.399 e. The molecule has 0 aliphatic rings. The summed E-state index contributed by atoms with van der Waals surface area (Å²) in [6.07, 6.45) is 0. The van der Waals surface area contributed by atoms with E-state index < -0.39 is 5.82 Å². The van der Waals surface area contributed by atoms with Gasteiger partial charge in [-0.3, -0.25) is 0 Å². The van der Waals surface area contributed by atoms with Crippen LogP contribution in [0, 0.1) is 5.82 Å². The molecule has 3 aromatic rings. The van der Waals surface area contributed by atoms with Crippen LogP contribution in [0.4, 0.5) is 10.1 Å². The van der Waals surface area contributed by atoms with Crippen LogP contribution in [0.5, 0.6) is 0 Å². The van der Waals surface area contributed by atoms with Gasteiger partial charge < -0.3 is 5.73 Å². The molecule has 0 spiro atoms. The summed E-state index contributed by atoms with van der Waals surface area (Å²) < 4.78 is 15.0. The Labute approximate surface area is 129 Å². The van der Waals surface area contributed by atoms with Crippen molar-refractivity contribution < 1.29 is 4.39 Å². The number of nitrogens with zero attached hydrogens (tertiary/aromatic N) is 4. The van der Waals surface area contributed by atoms with Gasteiger partial charge in [0.15, 0.2) is 5.82 Å². The number of nitrogen functional groups attached to an aromatic ring is 1. The quantitative estimate of drug-likeness (QED) is 0.734. The molecular formula is C13H8Cl2FN5. The molecule has 0 saturated heterocycles. The summed E-state index contributed by atoms with van der Waals surface area (Å²) in [6.45, 7) is 0. The molecule has 0 aliphatic heterocycles. The minimum absolute atomic E-state index is 0.0281. The second-order valence-corrected chi connectivity index (χ2v) is 5.13. The van der Waals surface area contributed by atoms with Crippen molar-refractivity contribution in [1.82, 2.24) is 20.2 Å². The summed E-state index contributed by atoms with van der Waals surface area (Å²) in [5.41, 5.74) is 7.30. The Morgan fingerprint density at radius 1 is 1.10 bits per heavy atom. The smallest absolute Gasteiger partial charge is 0.187 e. The first kappa shape index (κ1) is 13.8. The molecule has 106 valence electrons. The fourth-order valence-electron chi connectivity index (χ4n) is 1.90. The van der Waals surface area contributed by atoms with Crippen LogP contribution in [0.2, 0.25) is 10.0 Å². The topological polar surface area (TPSA) is 69.6 Å². The Bertz CT molecular complexity index is 798. The van der Waals surface area contributed by atoms with Gasteiger partial charge in [-0.1, -0.05) is 23.2 Å². The first-order valence-electron chi connectivity index (χ1n) is 5.85. The van der Waals surface area contributed by atoms with Crippen molar-refractivity contribution in [2.45, 2.75) is 0 Å². The van der Waals surface area contributed by atoms with Crippen LogP contribution in [0.25, 0.3) is 17.1 Å². The summed E-state index contributed by atoms with van der Waals surface area (Å²) in [4.78, 5) is 0. The molecular weight excluding hydrogens is 316 g/mol. The van der Waals surface area contributed by atoms with Crippen molar-refractivity contribution in [3.05, 3.63) is 52.3 Å². The maximum Gasteiger partial charge on any atom is 0.187 e. The normalized spacial score (nSPS) is 10.8. The maximum atomic E-state index is 13.6. The highest BCUT2D eigenvalue weighted by molar-refractivity contribution is 6.31. The lowest BCUT2D eigenvalue weighted by Gasteiger charge is -2.06. The number of nitrogens with two attached hydrogens (primary N) is 1. The number of aromatic nitrogens is 4. The van der Waals surface area contributed by atoms with E-state index in [0.717, 1.165) is 0 Å². The first-order valence-corrected chi connectivity index (χ1v) is 6.60. The Morgan fingerprint density at radius 3 is 2.62 bits per heavy atom. The summed E-state index contributed by atoms with van der Waals surface area (Å²) in [7, 11) is 0. The van der Waals surface area contributed by atoms with Gasteiger partial charge in [0.05, 0.1) is 10.7 Å². The summed E-state index contributed by atoms with van der Waals surface area (Å²) in [5.74, 6) is -0.160. The van der Waals surface area contributed by atoms with Crippen LogP contribution in [0.3, 0.4) is 0 Å². The average molecular weight is 324 g/mol. The van der Waals surface area contributed by atoms with Gasteiger partial charge in [-0.15, -0.1) is 5.10 Å². The van der Waals surface area contributed by atoms with Gasteiger partial charge in [0.25, 0.3) is 0 Å². The number of anilines is 1. The molecule has 5 nitrogen and oxygen atoms in total. The molecule has 1 heterocycles. The molecule has 0 atom stereocenters. The van der Waals surface area contributed by atoms with E-state index in [0.29, 0.717) is 27.8 Å². The molecule has 2 N–H and O–H groups in total. The van der Waals surface area contributed by atoms with Gasteiger partial charge in [-0.05, 0) is 40.8 Å². The lowest BCUT2D eigenvalue weighted by atomic mass is 10.2. The molecule has 3 rings (SSSR count). The summed E-state index contributed by atoms with van der Waals surface area (Å²) >= 11 is 11.6. The fourth-order valence-corrected chi connectivity index (χ4v) is 2.26. The SMILES string of the molecule is Nc1cc(Cl)cc(-c2nnnn2-c2ccc(Cl)c(F)c2)c1. The van der Waals surface area contributed by atoms with Gasteiger partial charge >= 0.3 is 0 Å². The molecule has 0 amide bonds. The average Bonchev–Trinajstić information content (AvgIpc) is 2.90. The molecule has 0 aliphatic carbocycles. The molecule has 0 radical (unpaired) electrons. The van der Waals surface area contributed by atoms with Crippen molar-refractivity contribution in [2.24, 2.45) is 0 Å². The molecule has 1 aromatic heterocycles. The second-order valence-electron chi connectivity index (χ2n) is 4.29. The van der Waals surface area contributed by atoms with E-state index in [-0.39, 0.29) is 5.02 Å². The van der Waals surface area contributed by atoms with E-state index >= 15 is 0 Å². The molecule has 0 saturated carbocycles. The second kappa shape index (κ2) is 5.31. The van der Waals surface area contributed by atoms with Crippen LogP contribution >= 0.6 is 23.2 Å². The van der Waals surface area contributed by atoms with E-state index in [1.165, 1.54) is 16.8 Å². The van der Waals surface area contributed by atoms with Crippen molar-refractivity contribution in [3.8, 4) is 17.1 Å². The van der Waals surface area contributed by atoms with Crippen LogP contribution in [0.1, 0.15) is 0 Å². The Balaban J connectivity index is 2.14. The number of hydrogen-bond donors (Lipinski definition) is 1. The highest BCUT2D eigenvalue weighted by atomic mass is 35.5. The minimum atomic E-state index is -0.554. The lowest BCUT2D eigenvalue weighted by molar-refractivity contribution is 0.625. The van der Waals surface area contributed by atoms with E-state index in [4.69, 9.17) is 28.9 Å². The summed E-state index contributed by atoms with van der Waals surface area (Å²) in [6, 6.07) is 9.26. The molecule has 8 heteroatoms. The van der Waals surface area contributed by atoms with Crippen LogP contribution < -0.4 is 5.73 Å². The van der Waals surface area contributed by atoms with Crippen LogP contribution in [-0.4, -0.2) is 20.2 Å². The molecule has 0 bridgehead atoms. The Morgan fingerprint density at radius 2 is 1.90 bits per heavy atom. The van der Waals surface area contributed by atoms with Gasteiger partial charge in [0, 0.05) is 22.3 Å². The Hall–Kier alpha value is -2.18. The number of halogens is 3. The van der Waals surface area contributed by atoms with E-state index in [2.05, 4.69) is 15.5 Å². The fraction of sp³-hybridized carbons (Fsp3) is 0. The third-order valence-corrected chi connectivity index (χ3v) is 3.32. The lowest BCUT2D eigenvalue weighted by Crippen LogP contribution is -2.01. The van der Waals surface area contributed by atoms with E-state index in [1.807, 2.05) is 0 Å². The zero-order valence-corrected chi connectivity index (χ0v) is 12.0. The Kier molecular flexibility index (Phi) is 3.48. The van der Waals surface area contributed by atoms with Crippen molar-refractivity contribution in [2.75, 3.05) is 5.73 Å². The number of benzene rings is 2. The van der Waals surface area contributed by atoms with Crippen molar-refractivity contribution >= 4 is 28.9 Å². The zero-order valence-electron chi connectivity index (χ0n) is 10.5. The molecule has 0 unspecified atom stereocenters. The van der Waals surface area contributed by atoms with Crippen molar-refractivity contribution in [3.63, 3.8) is 0 Å². The standard InChI is InChI=1S/C13H8Cl2FN5/c14-8-3-7(4-9(17)5-8)13-18-19-20-21(13)10-1-2-11(15)12(16)6-10/h1-6H,17H2. The molecule has 21 heavy (non-hydrogen) atoms. The zero-order chi connectivity index (χ0) is 15.0. The minimum Gasteiger partial charge on any atom is -0.399 e. The van der Waals surface area contributed by atoms with Gasteiger partial charge in [-0.2, -0.15) is 4.68 Å². The third kappa shape index (κ3) is 2.68. The predicted molar refractivity (Wildman–Crippen MR) is 79.0 cm³/mol. The van der Waals surface area contributed by atoms with Crippen LogP contribution in [0.15, 0.2) is 36.4 Å². The monoisotopic (exact) mass is 323 g/mol.